The SMILES string of the molecule is N[C@H]1CCCc2cc(F)c(Cl)cc21. The number of hydrogen-bond acceptors (Lipinski definition) is 1. The van der Waals surface area contributed by atoms with Gasteiger partial charge in [-0.1, -0.05) is 11.6 Å². The van der Waals surface area contributed by atoms with Gasteiger partial charge in [-0.3, -0.25) is 0 Å². The number of benzene rings is 1. The summed E-state index contributed by atoms with van der Waals surface area (Å²) in [6, 6.07) is 3.20. The van der Waals surface area contributed by atoms with Crippen molar-refractivity contribution in [2.24, 2.45) is 5.73 Å². The summed E-state index contributed by atoms with van der Waals surface area (Å²) in [6.07, 6.45) is 2.92. The lowest BCUT2D eigenvalue weighted by atomic mass is 9.88. The van der Waals surface area contributed by atoms with Crippen LogP contribution in [0.5, 0.6) is 0 Å². The van der Waals surface area contributed by atoms with Crippen molar-refractivity contribution in [1.29, 1.82) is 0 Å². The smallest absolute Gasteiger partial charge is 0.142 e. The summed E-state index contributed by atoms with van der Waals surface area (Å²) in [5, 5.41) is 0.177. The summed E-state index contributed by atoms with van der Waals surface area (Å²) in [6.45, 7) is 0. The molecule has 0 spiro atoms. The molecule has 0 radical (unpaired) electrons. The molecular formula is C10H11ClFN. The van der Waals surface area contributed by atoms with Crippen LogP contribution in [0.1, 0.15) is 30.0 Å². The van der Waals surface area contributed by atoms with Gasteiger partial charge in [0.05, 0.1) is 5.02 Å². The average Bonchev–Trinajstić information content (AvgIpc) is 2.09. The molecule has 1 aliphatic rings. The van der Waals surface area contributed by atoms with Crippen LogP contribution in [-0.2, 0) is 6.42 Å². The number of halogens is 2. The molecule has 0 saturated carbocycles. The molecule has 0 aliphatic heterocycles. The van der Waals surface area contributed by atoms with Crippen LogP contribution in [0.3, 0.4) is 0 Å². The normalized spacial score (nSPS) is 21.3. The second-order valence-corrected chi connectivity index (χ2v) is 3.87. The van der Waals surface area contributed by atoms with E-state index in [1.807, 2.05) is 0 Å². The van der Waals surface area contributed by atoms with Crippen LogP contribution in [0.2, 0.25) is 5.02 Å². The molecule has 3 heteroatoms. The molecular weight excluding hydrogens is 189 g/mol. The molecule has 0 bridgehead atoms. The molecule has 0 aromatic heterocycles. The predicted octanol–water partition coefficient (Wildman–Crippen LogP) is 2.82. The van der Waals surface area contributed by atoms with E-state index in [1.165, 1.54) is 6.07 Å². The topological polar surface area (TPSA) is 26.0 Å². The van der Waals surface area contributed by atoms with E-state index in [2.05, 4.69) is 0 Å². The van der Waals surface area contributed by atoms with Gasteiger partial charge in [-0.2, -0.15) is 0 Å². The third-order valence-corrected chi connectivity index (χ3v) is 2.83. The van der Waals surface area contributed by atoms with Crippen molar-refractivity contribution in [3.05, 3.63) is 34.1 Å². The summed E-state index contributed by atoms with van der Waals surface area (Å²) >= 11 is 5.68. The zero-order chi connectivity index (χ0) is 9.42. The molecule has 1 atom stereocenters. The van der Waals surface area contributed by atoms with E-state index < -0.39 is 0 Å². The maximum Gasteiger partial charge on any atom is 0.142 e. The maximum absolute atomic E-state index is 13.1. The third kappa shape index (κ3) is 1.56. The monoisotopic (exact) mass is 199 g/mol. The molecule has 0 heterocycles. The Kier molecular flexibility index (Phi) is 2.26. The van der Waals surface area contributed by atoms with Crippen LogP contribution in [0.4, 0.5) is 4.39 Å². The molecule has 70 valence electrons. The van der Waals surface area contributed by atoms with Gasteiger partial charge in [0.1, 0.15) is 5.82 Å². The lowest BCUT2D eigenvalue weighted by Crippen LogP contribution is -2.17. The van der Waals surface area contributed by atoms with Crippen molar-refractivity contribution >= 4 is 11.6 Å². The molecule has 0 fully saturated rings. The molecule has 13 heavy (non-hydrogen) atoms. The minimum Gasteiger partial charge on any atom is -0.324 e. The Morgan fingerprint density at radius 2 is 2.23 bits per heavy atom. The first kappa shape index (κ1) is 8.97. The van der Waals surface area contributed by atoms with Crippen molar-refractivity contribution in [1.82, 2.24) is 0 Å². The molecule has 1 aromatic carbocycles. The van der Waals surface area contributed by atoms with Gasteiger partial charge in [-0.25, -0.2) is 4.39 Å². The fourth-order valence-electron chi connectivity index (χ4n) is 1.83. The van der Waals surface area contributed by atoms with Gasteiger partial charge in [0.25, 0.3) is 0 Å². The van der Waals surface area contributed by atoms with Gasteiger partial charge < -0.3 is 5.73 Å². The Hall–Kier alpha value is -0.600. The highest BCUT2D eigenvalue weighted by molar-refractivity contribution is 6.30. The van der Waals surface area contributed by atoms with E-state index in [1.54, 1.807) is 6.07 Å². The molecule has 2 N–H and O–H groups in total. The zero-order valence-corrected chi connectivity index (χ0v) is 7.94. The van der Waals surface area contributed by atoms with Crippen LogP contribution < -0.4 is 5.73 Å². The van der Waals surface area contributed by atoms with Gasteiger partial charge in [-0.15, -0.1) is 0 Å². The Morgan fingerprint density at radius 3 is 3.00 bits per heavy atom. The molecule has 0 unspecified atom stereocenters. The molecule has 2 rings (SSSR count). The van der Waals surface area contributed by atoms with Crippen molar-refractivity contribution in [3.63, 3.8) is 0 Å². The Morgan fingerprint density at radius 1 is 1.46 bits per heavy atom. The highest BCUT2D eigenvalue weighted by Crippen LogP contribution is 2.31. The number of fused-ring (bicyclic) bond motifs is 1. The second-order valence-electron chi connectivity index (χ2n) is 3.46. The maximum atomic E-state index is 13.1. The van der Waals surface area contributed by atoms with Gasteiger partial charge in [0, 0.05) is 6.04 Å². The van der Waals surface area contributed by atoms with E-state index in [-0.39, 0.29) is 16.9 Å². The highest BCUT2D eigenvalue weighted by Gasteiger charge is 2.18. The molecule has 1 nitrogen and oxygen atoms in total. The van der Waals surface area contributed by atoms with Crippen LogP contribution in [0.25, 0.3) is 0 Å². The van der Waals surface area contributed by atoms with Crippen LogP contribution in [0, 0.1) is 5.82 Å². The number of hydrogen-bond donors (Lipinski definition) is 1. The summed E-state index contributed by atoms with van der Waals surface area (Å²) in [4.78, 5) is 0. The predicted molar refractivity (Wildman–Crippen MR) is 51.3 cm³/mol. The van der Waals surface area contributed by atoms with Gasteiger partial charge >= 0.3 is 0 Å². The number of rotatable bonds is 0. The van der Waals surface area contributed by atoms with Crippen molar-refractivity contribution in [2.45, 2.75) is 25.3 Å². The minimum atomic E-state index is -0.338. The third-order valence-electron chi connectivity index (χ3n) is 2.54. The second kappa shape index (κ2) is 3.28. The molecule has 0 saturated heterocycles. The summed E-state index contributed by atoms with van der Waals surface area (Å²) in [5.74, 6) is -0.338. The minimum absolute atomic E-state index is 0.0295. The average molecular weight is 200 g/mol. The lowest BCUT2D eigenvalue weighted by molar-refractivity contribution is 0.560. The zero-order valence-electron chi connectivity index (χ0n) is 7.19. The molecule has 0 amide bonds. The Bertz CT molecular complexity index is 338. The molecule has 1 aliphatic carbocycles. The number of nitrogens with two attached hydrogens (primary N) is 1. The Balaban J connectivity index is 2.52. The van der Waals surface area contributed by atoms with Crippen molar-refractivity contribution in [2.75, 3.05) is 0 Å². The molecule has 1 aromatic rings. The lowest BCUT2D eigenvalue weighted by Gasteiger charge is -2.22. The van der Waals surface area contributed by atoms with Crippen LogP contribution in [0.15, 0.2) is 12.1 Å². The van der Waals surface area contributed by atoms with E-state index in [0.29, 0.717) is 0 Å². The first-order valence-electron chi connectivity index (χ1n) is 4.42. The number of aryl methyl sites for hydroxylation is 1. The van der Waals surface area contributed by atoms with E-state index in [0.717, 1.165) is 30.4 Å². The standard InChI is InChI=1S/C10H11ClFN/c11-8-5-7-6(4-9(8)12)2-1-3-10(7)13/h4-5,10H,1-3,13H2/t10-/m0/s1. The fraction of sp³-hybridized carbons (Fsp3) is 0.400. The first-order valence-corrected chi connectivity index (χ1v) is 4.79. The summed E-state index contributed by atoms with van der Waals surface area (Å²) < 4.78 is 13.1. The van der Waals surface area contributed by atoms with E-state index >= 15 is 0 Å². The highest BCUT2D eigenvalue weighted by atomic mass is 35.5. The quantitative estimate of drug-likeness (QED) is 0.683. The van der Waals surface area contributed by atoms with Crippen molar-refractivity contribution in [3.8, 4) is 0 Å². The van der Waals surface area contributed by atoms with Crippen LogP contribution >= 0.6 is 11.6 Å². The van der Waals surface area contributed by atoms with Gasteiger partial charge in [0.15, 0.2) is 0 Å². The first-order chi connectivity index (χ1) is 6.18. The van der Waals surface area contributed by atoms with Gasteiger partial charge in [0.2, 0.25) is 0 Å². The van der Waals surface area contributed by atoms with Crippen LogP contribution in [-0.4, -0.2) is 0 Å². The summed E-state index contributed by atoms with van der Waals surface area (Å²) in [5.41, 5.74) is 7.91. The Labute approximate surface area is 81.7 Å². The summed E-state index contributed by atoms with van der Waals surface area (Å²) in [7, 11) is 0. The largest absolute Gasteiger partial charge is 0.324 e. The van der Waals surface area contributed by atoms with Crippen molar-refractivity contribution < 1.29 is 4.39 Å². The van der Waals surface area contributed by atoms with E-state index in [9.17, 15) is 4.39 Å². The van der Waals surface area contributed by atoms with Gasteiger partial charge in [-0.05, 0) is 42.5 Å². The van der Waals surface area contributed by atoms with E-state index in [4.69, 9.17) is 17.3 Å². The fourth-order valence-corrected chi connectivity index (χ4v) is 2.01.